The second-order valence-electron chi connectivity index (χ2n) is 7.85. The molecule has 1 heterocycles. The molecule has 0 spiro atoms. The number of benzene rings is 3. The Labute approximate surface area is 183 Å². The Hall–Kier alpha value is -3.19. The van der Waals surface area contributed by atoms with E-state index in [1.165, 1.54) is 53.4 Å². The lowest BCUT2D eigenvalue weighted by molar-refractivity contribution is 0.0954. The summed E-state index contributed by atoms with van der Waals surface area (Å²) in [7, 11) is 0. The highest BCUT2D eigenvalue weighted by molar-refractivity contribution is 6.06. The molecule has 1 amide bonds. The molecule has 0 bridgehead atoms. The molecule has 32 heavy (non-hydrogen) atoms. The van der Waals surface area contributed by atoms with Gasteiger partial charge in [0.25, 0.3) is 5.91 Å². The van der Waals surface area contributed by atoms with Crippen molar-refractivity contribution in [2.24, 2.45) is 0 Å². The van der Waals surface area contributed by atoms with Gasteiger partial charge in [-0.1, -0.05) is 24.3 Å². The highest BCUT2D eigenvalue weighted by Crippen LogP contribution is 2.28. The van der Waals surface area contributed by atoms with E-state index in [4.69, 9.17) is 0 Å². The summed E-state index contributed by atoms with van der Waals surface area (Å²) in [5.41, 5.74) is 0.705. The van der Waals surface area contributed by atoms with E-state index in [9.17, 15) is 22.4 Å². The molecule has 0 N–H and O–H groups in total. The van der Waals surface area contributed by atoms with Gasteiger partial charge >= 0.3 is 0 Å². The zero-order valence-electron chi connectivity index (χ0n) is 17.3. The van der Waals surface area contributed by atoms with Gasteiger partial charge < -0.3 is 4.90 Å². The second kappa shape index (κ2) is 9.53. The average molecular weight is 442 g/mol. The maximum atomic E-state index is 14.3. The summed E-state index contributed by atoms with van der Waals surface area (Å²) >= 11 is 0. The molecule has 0 aromatic heterocycles. The van der Waals surface area contributed by atoms with Crippen molar-refractivity contribution in [2.75, 3.05) is 18.0 Å². The lowest BCUT2D eigenvalue weighted by atomic mass is 10.00. The number of likely N-dealkylation sites (tertiary alicyclic amines) is 1. The molecular weight excluding hydrogens is 420 g/mol. The van der Waals surface area contributed by atoms with E-state index in [1.54, 1.807) is 12.1 Å². The minimum atomic E-state index is -0.879. The van der Waals surface area contributed by atoms with Gasteiger partial charge in [-0.25, -0.2) is 17.6 Å². The van der Waals surface area contributed by atoms with E-state index >= 15 is 0 Å². The number of nitrogens with zero attached hydrogens (tertiary/aromatic N) is 2. The van der Waals surface area contributed by atoms with Crippen molar-refractivity contribution in [3.05, 3.63) is 101 Å². The molecule has 4 rings (SSSR count). The molecule has 1 aliphatic rings. The minimum Gasteiger partial charge on any atom is -0.305 e. The van der Waals surface area contributed by atoms with Gasteiger partial charge in [0.2, 0.25) is 0 Å². The summed E-state index contributed by atoms with van der Waals surface area (Å²) < 4.78 is 55.3. The Bertz CT molecular complexity index is 1100. The van der Waals surface area contributed by atoms with Gasteiger partial charge in [-0.3, -0.25) is 9.69 Å². The second-order valence-corrected chi connectivity index (χ2v) is 7.85. The van der Waals surface area contributed by atoms with Crippen LogP contribution in [0.5, 0.6) is 0 Å². The molecule has 1 aliphatic heterocycles. The molecule has 3 aromatic carbocycles. The molecule has 3 nitrogen and oxygen atoms in total. The number of anilines is 1. The monoisotopic (exact) mass is 442 g/mol. The molecule has 3 aromatic rings. The molecule has 0 atom stereocenters. The number of carbonyl (C=O) groups excluding carboxylic acids is 1. The molecule has 166 valence electrons. The Balaban J connectivity index is 1.54. The van der Waals surface area contributed by atoms with E-state index in [-0.39, 0.29) is 23.7 Å². The summed E-state index contributed by atoms with van der Waals surface area (Å²) in [6.07, 6.45) is 1.10. The van der Waals surface area contributed by atoms with E-state index in [1.807, 2.05) is 4.90 Å². The molecular formula is C25H22F4N2O. The highest BCUT2D eigenvalue weighted by atomic mass is 19.2. The molecule has 7 heteroatoms. The van der Waals surface area contributed by atoms with Crippen LogP contribution in [0.15, 0.2) is 66.7 Å². The van der Waals surface area contributed by atoms with Crippen LogP contribution < -0.4 is 4.90 Å². The summed E-state index contributed by atoms with van der Waals surface area (Å²) in [5.74, 6) is -3.28. The number of halogens is 4. The van der Waals surface area contributed by atoms with Crippen molar-refractivity contribution in [3.8, 4) is 0 Å². The summed E-state index contributed by atoms with van der Waals surface area (Å²) in [6, 6.07) is 15.2. The van der Waals surface area contributed by atoms with E-state index in [0.29, 0.717) is 31.6 Å². The SMILES string of the molecule is O=C(c1ccccc1F)N(c1ccc(F)cc1)C1CCN(Cc2cccc(F)c2F)CC1. The number of carbonyl (C=O) groups is 1. The first-order valence-electron chi connectivity index (χ1n) is 10.4. The Morgan fingerprint density at radius 2 is 1.50 bits per heavy atom. The lowest BCUT2D eigenvalue weighted by Crippen LogP contribution is -2.47. The fourth-order valence-electron chi connectivity index (χ4n) is 4.11. The van der Waals surface area contributed by atoms with Crippen molar-refractivity contribution >= 4 is 11.6 Å². The van der Waals surface area contributed by atoms with Crippen LogP contribution in [0, 0.1) is 23.3 Å². The maximum absolute atomic E-state index is 14.3. The fourth-order valence-corrected chi connectivity index (χ4v) is 4.11. The zero-order chi connectivity index (χ0) is 22.7. The smallest absolute Gasteiger partial charge is 0.261 e. The van der Waals surface area contributed by atoms with Crippen LogP contribution in [0.4, 0.5) is 23.2 Å². The number of hydrogen-bond acceptors (Lipinski definition) is 2. The van der Waals surface area contributed by atoms with Gasteiger partial charge in [0.15, 0.2) is 11.6 Å². The largest absolute Gasteiger partial charge is 0.305 e. The third kappa shape index (κ3) is 4.67. The molecule has 0 unspecified atom stereocenters. The highest BCUT2D eigenvalue weighted by Gasteiger charge is 2.31. The van der Waals surface area contributed by atoms with Gasteiger partial charge in [-0.2, -0.15) is 0 Å². The minimum absolute atomic E-state index is 0.0545. The van der Waals surface area contributed by atoms with Gasteiger partial charge in [0.1, 0.15) is 11.6 Å². The normalized spacial score (nSPS) is 15.0. The van der Waals surface area contributed by atoms with Crippen LogP contribution in [0.3, 0.4) is 0 Å². The van der Waals surface area contributed by atoms with Crippen LogP contribution >= 0.6 is 0 Å². The first-order chi connectivity index (χ1) is 15.4. The van der Waals surface area contributed by atoms with Crippen molar-refractivity contribution in [3.63, 3.8) is 0 Å². The van der Waals surface area contributed by atoms with E-state index in [2.05, 4.69) is 0 Å². The van der Waals surface area contributed by atoms with Gasteiger partial charge in [0, 0.05) is 36.9 Å². The standard InChI is InChI=1S/C25H22F4N2O/c26-18-8-10-19(11-9-18)31(25(32)21-5-1-2-6-22(21)27)20-12-14-30(15-13-20)16-17-4-3-7-23(28)24(17)29/h1-11,20H,12-16H2. The number of hydrogen-bond donors (Lipinski definition) is 0. The first-order valence-corrected chi connectivity index (χ1v) is 10.4. The number of rotatable bonds is 5. The maximum Gasteiger partial charge on any atom is 0.261 e. The first kappa shape index (κ1) is 22.0. The van der Waals surface area contributed by atoms with Crippen molar-refractivity contribution in [1.82, 2.24) is 4.90 Å². The van der Waals surface area contributed by atoms with E-state index < -0.39 is 29.2 Å². The molecule has 0 saturated carbocycles. The van der Waals surface area contributed by atoms with Crippen molar-refractivity contribution in [1.29, 1.82) is 0 Å². The number of amides is 1. The molecule has 0 aliphatic carbocycles. The third-order valence-corrected chi connectivity index (χ3v) is 5.78. The van der Waals surface area contributed by atoms with Crippen molar-refractivity contribution in [2.45, 2.75) is 25.4 Å². The fraction of sp³-hybridized carbons (Fsp3) is 0.240. The van der Waals surface area contributed by atoms with Gasteiger partial charge in [-0.05, 0) is 55.3 Å². The zero-order valence-corrected chi connectivity index (χ0v) is 17.3. The predicted molar refractivity (Wildman–Crippen MR) is 114 cm³/mol. The topological polar surface area (TPSA) is 23.6 Å². The number of piperidine rings is 1. The Morgan fingerprint density at radius 3 is 2.19 bits per heavy atom. The van der Waals surface area contributed by atoms with Crippen LogP contribution in [0.2, 0.25) is 0 Å². The molecule has 0 radical (unpaired) electrons. The van der Waals surface area contributed by atoms with E-state index in [0.717, 1.165) is 6.07 Å². The van der Waals surface area contributed by atoms with Crippen LogP contribution in [0.1, 0.15) is 28.8 Å². The van der Waals surface area contributed by atoms with Crippen LogP contribution in [-0.4, -0.2) is 29.9 Å². The summed E-state index contributed by atoms with van der Waals surface area (Å²) in [6.45, 7) is 1.35. The molecule has 1 saturated heterocycles. The quantitative estimate of drug-likeness (QED) is 0.484. The van der Waals surface area contributed by atoms with Crippen molar-refractivity contribution < 1.29 is 22.4 Å². The van der Waals surface area contributed by atoms with Gasteiger partial charge in [0.05, 0.1) is 5.56 Å². The van der Waals surface area contributed by atoms with Gasteiger partial charge in [-0.15, -0.1) is 0 Å². The van der Waals surface area contributed by atoms with Crippen LogP contribution in [-0.2, 0) is 6.54 Å². The third-order valence-electron chi connectivity index (χ3n) is 5.78. The summed E-state index contributed by atoms with van der Waals surface area (Å²) in [5, 5.41) is 0. The predicted octanol–water partition coefficient (Wildman–Crippen LogP) is 5.55. The summed E-state index contributed by atoms with van der Waals surface area (Å²) in [4.78, 5) is 16.8. The molecule has 1 fully saturated rings. The van der Waals surface area contributed by atoms with Crippen LogP contribution in [0.25, 0.3) is 0 Å². The Kier molecular flexibility index (Phi) is 6.55. The lowest BCUT2D eigenvalue weighted by Gasteiger charge is -2.38. The average Bonchev–Trinajstić information content (AvgIpc) is 2.80. The Morgan fingerprint density at radius 1 is 0.844 bits per heavy atom.